The highest BCUT2D eigenvalue weighted by Gasteiger charge is 2.30. The summed E-state index contributed by atoms with van der Waals surface area (Å²) in [6.45, 7) is 4.28. The summed E-state index contributed by atoms with van der Waals surface area (Å²) in [5.74, 6) is 1.91. The first-order valence-corrected chi connectivity index (χ1v) is 9.79. The average molecular weight is 354 g/mol. The Morgan fingerprint density at radius 1 is 1.28 bits per heavy atom. The summed E-state index contributed by atoms with van der Waals surface area (Å²) in [4.78, 5) is 4.63. The van der Waals surface area contributed by atoms with Gasteiger partial charge in [0.25, 0.3) is 0 Å². The molecule has 0 amide bonds. The molecule has 6 heteroatoms. The number of thioether (sulfide) groups is 1. The van der Waals surface area contributed by atoms with Gasteiger partial charge < -0.3 is 10.1 Å². The van der Waals surface area contributed by atoms with E-state index in [1.54, 1.807) is 11.8 Å². The largest absolute Gasteiger partial charge is 0.452 e. The molecule has 4 rings (SSSR count). The number of fused-ring (bicyclic) bond motifs is 3. The number of para-hydroxylation sites is 1. The van der Waals surface area contributed by atoms with E-state index in [-0.39, 0.29) is 6.23 Å². The summed E-state index contributed by atoms with van der Waals surface area (Å²) in [5, 5.41) is 12.9. The maximum absolute atomic E-state index is 6.33. The van der Waals surface area contributed by atoms with Crippen molar-refractivity contribution in [2.75, 3.05) is 11.1 Å². The fourth-order valence-corrected chi connectivity index (χ4v) is 3.84. The zero-order chi connectivity index (χ0) is 17.2. The van der Waals surface area contributed by atoms with E-state index in [1.165, 1.54) is 5.57 Å². The molecule has 5 nitrogen and oxygen atoms in total. The Kier molecular flexibility index (Phi) is 4.61. The predicted molar refractivity (Wildman–Crippen MR) is 101 cm³/mol. The number of nitrogens with one attached hydrogen (secondary N) is 1. The van der Waals surface area contributed by atoms with Crippen molar-refractivity contribution in [3.05, 3.63) is 35.9 Å². The Hall–Kier alpha value is -2.08. The number of rotatable bonds is 3. The van der Waals surface area contributed by atoms with Crippen molar-refractivity contribution >= 4 is 17.4 Å². The van der Waals surface area contributed by atoms with Crippen molar-refractivity contribution in [2.45, 2.75) is 44.5 Å². The minimum absolute atomic E-state index is 0.108. The van der Waals surface area contributed by atoms with Crippen molar-refractivity contribution in [1.29, 1.82) is 0 Å². The molecule has 1 aliphatic carbocycles. The van der Waals surface area contributed by atoms with Crippen LogP contribution >= 0.6 is 11.8 Å². The lowest BCUT2D eigenvalue weighted by Gasteiger charge is -2.29. The van der Waals surface area contributed by atoms with Gasteiger partial charge in [-0.1, -0.05) is 48.5 Å². The van der Waals surface area contributed by atoms with Gasteiger partial charge in [-0.3, -0.25) is 0 Å². The van der Waals surface area contributed by atoms with Crippen LogP contribution in [0.15, 0.2) is 41.1 Å². The quantitative estimate of drug-likeness (QED) is 0.645. The van der Waals surface area contributed by atoms with E-state index in [2.05, 4.69) is 46.5 Å². The molecule has 1 aromatic carbocycles. The molecule has 0 fully saturated rings. The highest BCUT2D eigenvalue weighted by molar-refractivity contribution is 7.99. The van der Waals surface area contributed by atoms with E-state index in [0.717, 1.165) is 36.3 Å². The van der Waals surface area contributed by atoms with Crippen molar-refractivity contribution < 1.29 is 4.74 Å². The third kappa shape index (κ3) is 3.35. The summed E-state index contributed by atoms with van der Waals surface area (Å²) in [5.41, 5.74) is 4.21. The van der Waals surface area contributed by atoms with Gasteiger partial charge in [0.1, 0.15) is 0 Å². The summed E-state index contributed by atoms with van der Waals surface area (Å²) in [6, 6.07) is 8.15. The Morgan fingerprint density at radius 3 is 2.96 bits per heavy atom. The van der Waals surface area contributed by atoms with Crippen molar-refractivity contribution in [1.82, 2.24) is 15.2 Å². The van der Waals surface area contributed by atoms with Crippen LogP contribution in [-0.4, -0.2) is 27.2 Å². The normalized spacial score (nSPS) is 21.9. The Morgan fingerprint density at radius 2 is 2.16 bits per heavy atom. The molecular weight excluding hydrogens is 332 g/mol. The molecule has 0 bridgehead atoms. The molecule has 0 spiro atoms. The summed E-state index contributed by atoms with van der Waals surface area (Å²) in [6.07, 6.45) is 5.48. The second kappa shape index (κ2) is 7.04. The molecule has 2 heterocycles. The van der Waals surface area contributed by atoms with Crippen LogP contribution in [0.2, 0.25) is 0 Å². The van der Waals surface area contributed by atoms with Gasteiger partial charge in [0.05, 0.1) is 0 Å². The van der Waals surface area contributed by atoms with Gasteiger partial charge in [0, 0.05) is 17.2 Å². The SMILES string of the molecule is CCSc1nnc2c(n1)O[C@H]([C@H]1CC=C(C)CC1)Nc1ccccc1-2. The van der Waals surface area contributed by atoms with Crippen LogP contribution in [0.1, 0.15) is 33.1 Å². The Labute approximate surface area is 152 Å². The first-order chi connectivity index (χ1) is 12.2. The van der Waals surface area contributed by atoms with E-state index in [4.69, 9.17) is 4.74 Å². The predicted octanol–water partition coefficient (Wildman–Crippen LogP) is 4.53. The van der Waals surface area contributed by atoms with Gasteiger partial charge in [-0.15, -0.1) is 10.2 Å². The van der Waals surface area contributed by atoms with Crippen molar-refractivity contribution in [2.24, 2.45) is 5.92 Å². The molecule has 0 radical (unpaired) electrons. The lowest BCUT2D eigenvalue weighted by molar-refractivity contribution is 0.145. The molecule has 1 aromatic heterocycles. The third-order valence-corrected chi connectivity index (χ3v) is 5.45. The Bertz CT molecular complexity index is 808. The van der Waals surface area contributed by atoms with Crippen LogP contribution in [-0.2, 0) is 0 Å². The standard InChI is InChI=1S/C19H22N4OS/c1-3-25-19-21-18-16(22-23-19)14-6-4-5-7-15(14)20-17(24-18)13-10-8-12(2)9-11-13/h4-8,13,17,20H,3,9-11H2,1-2H3/t13-,17+/m0/s1. The van der Waals surface area contributed by atoms with E-state index in [0.29, 0.717) is 22.6 Å². The van der Waals surface area contributed by atoms with Crippen LogP contribution < -0.4 is 10.1 Å². The first kappa shape index (κ1) is 16.4. The van der Waals surface area contributed by atoms with Crippen molar-refractivity contribution in [3.63, 3.8) is 0 Å². The van der Waals surface area contributed by atoms with Crippen LogP contribution in [0.5, 0.6) is 5.88 Å². The molecule has 25 heavy (non-hydrogen) atoms. The molecule has 0 saturated heterocycles. The lowest BCUT2D eigenvalue weighted by Crippen LogP contribution is -2.35. The summed E-state index contributed by atoms with van der Waals surface area (Å²) < 4.78 is 6.33. The molecular formula is C19H22N4OS. The van der Waals surface area contributed by atoms with E-state index in [9.17, 15) is 0 Å². The van der Waals surface area contributed by atoms with Gasteiger partial charge in [0.15, 0.2) is 11.9 Å². The second-order valence-corrected chi connectivity index (χ2v) is 7.73. The van der Waals surface area contributed by atoms with Crippen LogP contribution in [0.4, 0.5) is 5.69 Å². The van der Waals surface area contributed by atoms with Crippen LogP contribution in [0.25, 0.3) is 11.3 Å². The fourth-order valence-electron chi connectivity index (χ4n) is 3.33. The van der Waals surface area contributed by atoms with Crippen LogP contribution in [0, 0.1) is 5.92 Å². The average Bonchev–Trinajstić information content (AvgIpc) is 2.79. The first-order valence-electron chi connectivity index (χ1n) is 8.80. The second-order valence-electron chi connectivity index (χ2n) is 6.49. The van der Waals surface area contributed by atoms with Gasteiger partial charge in [-0.25, -0.2) is 0 Å². The number of hydrogen-bond donors (Lipinski definition) is 1. The van der Waals surface area contributed by atoms with Gasteiger partial charge in [-0.2, -0.15) is 4.98 Å². The number of ether oxygens (including phenoxy) is 1. The number of allylic oxidation sites excluding steroid dienone is 2. The van der Waals surface area contributed by atoms with Crippen LogP contribution in [0.3, 0.4) is 0 Å². The Balaban J connectivity index is 1.73. The van der Waals surface area contributed by atoms with E-state index < -0.39 is 0 Å². The molecule has 1 aliphatic heterocycles. The fraction of sp³-hybridized carbons (Fsp3) is 0.421. The highest BCUT2D eigenvalue weighted by atomic mass is 32.2. The lowest BCUT2D eigenvalue weighted by atomic mass is 9.89. The number of aromatic nitrogens is 3. The van der Waals surface area contributed by atoms with E-state index >= 15 is 0 Å². The summed E-state index contributed by atoms with van der Waals surface area (Å²) >= 11 is 1.58. The summed E-state index contributed by atoms with van der Waals surface area (Å²) in [7, 11) is 0. The van der Waals surface area contributed by atoms with Gasteiger partial charge in [0.2, 0.25) is 11.0 Å². The van der Waals surface area contributed by atoms with Gasteiger partial charge in [-0.05, 0) is 38.0 Å². The highest BCUT2D eigenvalue weighted by Crippen LogP contribution is 2.39. The number of nitrogens with zero attached hydrogens (tertiary/aromatic N) is 3. The molecule has 2 aliphatic rings. The number of hydrogen-bond acceptors (Lipinski definition) is 6. The van der Waals surface area contributed by atoms with Crippen molar-refractivity contribution in [3.8, 4) is 17.1 Å². The molecule has 130 valence electrons. The van der Waals surface area contributed by atoms with Gasteiger partial charge >= 0.3 is 0 Å². The zero-order valence-electron chi connectivity index (χ0n) is 14.5. The van der Waals surface area contributed by atoms with E-state index in [1.807, 2.05) is 18.2 Å². The third-order valence-electron chi connectivity index (χ3n) is 4.73. The maximum Gasteiger partial charge on any atom is 0.247 e. The number of benzene rings is 1. The molecule has 1 N–H and O–H groups in total. The monoisotopic (exact) mass is 354 g/mol. The minimum Gasteiger partial charge on any atom is -0.452 e. The smallest absolute Gasteiger partial charge is 0.247 e. The molecule has 0 saturated carbocycles. The topological polar surface area (TPSA) is 59.9 Å². The zero-order valence-corrected chi connectivity index (χ0v) is 15.3. The number of anilines is 1. The molecule has 2 atom stereocenters. The minimum atomic E-state index is -0.108. The maximum atomic E-state index is 6.33. The molecule has 0 unspecified atom stereocenters. The molecule has 2 aromatic rings.